The van der Waals surface area contributed by atoms with Gasteiger partial charge in [-0.05, 0) is 44.4 Å². The maximum absolute atomic E-state index is 12.9. The van der Waals surface area contributed by atoms with Crippen molar-refractivity contribution in [1.29, 1.82) is 0 Å². The molecule has 4 aromatic rings. The zero-order valence-corrected chi connectivity index (χ0v) is 19.0. The first-order valence-electron chi connectivity index (χ1n) is 11.5. The van der Waals surface area contributed by atoms with Gasteiger partial charge in [-0.3, -0.25) is 4.79 Å². The first-order chi connectivity index (χ1) is 16.1. The second-order valence-corrected chi connectivity index (χ2v) is 8.65. The molecule has 1 aliphatic heterocycles. The number of hydrogen-bond donors (Lipinski definition) is 1. The third-order valence-corrected chi connectivity index (χ3v) is 6.39. The zero-order valence-electron chi connectivity index (χ0n) is 19.0. The Labute approximate surface area is 193 Å². The summed E-state index contributed by atoms with van der Waals surface area (Å²) in [5, 5.41) is 18.0. The van der Waals surface area contributed by atoms with Gasteiger partial charge in [0.1, 0.15) is 5.52 Å². The number of rotatable bonds is 5. The van der Waals surface area contributed by atoms with E-state index in [0.717, 1.165) is 58.7 Å². The third-order valence-electron chi connectivity index (χ3n) is 6.39. The molecule has 3 heterocycles. The molecule has 2 aromatic carbocycles. The van der Waals surface area contributed by atoms with Gasteiger partial charge in [0, 0.05) is 19.6 Å². The summed E-state index contributed by atoms with van der Waals surface area (Å²) in [4.78, 5) is 15.1. The first kappa shape index (κ1) is 21.1. The molecule has 0 saturated carbocycles. The molecule has 1 amide bonds. The monoisotopic (exact) mass is 440 g/mol. The largest absolute Gasteiger partial charge is 0.352 e. The van der Waals surface area contributed by atoms with Crippen molar-refractivity contribution >= 4 is 22.6 Å². The van der Waals surface area contributed by atoms with Gasteiger partial charge >= 0.3 is 0 Å². The summed E-state index contributed by atoms with van der Waals surface area (Å²) in [6, 6.07) is 20.1. The van der Waals surface area contributed by atoms with E-state index in [2.05, 4.69) is 27.3 Å². The molecule has 0 radical (unpaired) electrons. The van der Waals surface area contributed by atoms with Crippen molar-refractivity contribution < 1.29 is 4.79 Å². The number of hydrogen-bond acceptors (Lipinski definition) is 5. The van der Waals surface area contributed by atoms with Crippen molar-refractivity contribution in [3.63, 3.8) is 0 Å². The standard InChI is InChI=1S/C26H28N6O/c1-18-23-19(2)32(22-13-7-4-8-14-22)30-24(23)25(29-28-18)31-15-9-12-21(17-31)26(33)27-16-20-10-5-3-6-11-20/h3-8,10-11,13-14,21H,9,12,15-17H2,1-2H3,(H,27,33). The summed E-state index contributed by atoms with van der Waals surface area (Å²) in [5.41, 5.74) is 4.86. The number of carbonyl (C=O) groups is 1. The highest BCUT2D eigenvalue weighted by atomic mass is 16.1. The number of aryl methyl sites for hydroxylation is 2. The SMILES string of the molecule is Cc1nnc(N2CCCC(C(=O)NCc3ccccc3)C2)c2nn(-c3ccccc3)c(C)c12. The molecule has 33 heavy (non-hydrogen) atoms. The van der Waals surface area contributed by atoms with Crippen LogP contribution >= 0.6 is 0 Å². The smallest absolute Gasteiger partial charge is 0.225 e. The Morgan fingerprint density at radius 3 is 2.52 bits per heavy atom. The summed E-state index contributed by atoms with van der Waals surface area (Å²) in [6.45, 7) is 6.04. The fraction of sp³-hybridized carbons (Fsp3) is 0.308. The zero-order chi connectivity index (χ0) is 22.8. The predicted octanol–water partition coefficient (Wildman–Crippen LogP) is 3.97. The molecule has 1 N–H and O–H groups in total. The number of nitrogens with one attached hydrogen (secondary N) is 1. The van der Waals surface area contributed by atoms with Crippen LogP contribution in [0.25, 0.3) is 16.6 Å². The average molecular weight is 441 g/mol. The maximum atomic E-state index is 12.9. The molecule has 1 saturated heterocycles. The summed E-state index contributed by atoms with van der Waals surface area (Å²) in [6.07, 6.45) is 1.80. The van der Waals surface area contributed by atoms with Crippen molar-refractivity contribution in [3.05, 3.63) is 77.6 Å². The molecule has 1 atom stereocenters. The van der Waals surface area contributed by atoms with Crippen LogP contribution in [0.1, 0.15) is 29.8 Å². The number of aromatic nitrogens is 4. The number of nitrogens with zero attached hydrogens (tertiary/aromatic N) is 5. The molecule has 1 unspecified atom stereocenters. The Morgan fingerprint density at radius 2 is 1.76 bits per heavy atom. The van der Waals surface area contributed by atoms with Gasteiger partial charge in [0.15, 0.2) is 5.82 Å². The van der Waals surface area contributed by atoms with Gasteiger partial charge in [0.05, 0.1) is 28.4 Å². The lowest BCUT2D eigenvalue weighted by molar-refractivity contribution is -0.125. The van der Waals surface area contributed by atoms with Crippen molar-refractivity contribution in [2.24, 2.45) is 5.92 Å². The molecular weight excluding hydrogens is 412 g/mol. The van der Waals surface area contributed by atoms with Gasteiger partial charge in [-0.1, -0.05) is 48.5 Å². The van der Waals surface area contributed by atoms with Crippen LogP contribution in [-0.2, 0) is 11.3 Å². The van der Waals surface area contributed by atoms with Crippen LogP contribution in [0.5, 0.6) is 0 Å². The van der Waals surface area contributed by atoms with Crippen molar-refractivity contribution in [2.75, 3.05) is 18.0 Å². The quantitative estimate of drug-likeness (QED) is 0.508. The number of piperidine rings is 1. The van der Waals surface area contributed by atoms with E-state index in [4.69, 9.17) is 5.10 Å². The highest BCUT2D eigenvalue weighted by molar-refractivity contribution is 5.92. The lowest BCUT2D eigenvalue weighted by atomic mass is 9.97. The maximum Gasteiger partial charge on any atom is 0.225 e. The van der Waals surface area contributed by atoms with Gasteiger partial charge < -0.3 is 10.2 Å². The summed E-state index contributed by atoms with van der Waals surface area (Å²) >= 11 is 0. The average Bonchev–Trinajstić information content (AvgIpc) is 3.22. The molecule has 5 rings (SSSR count). The lowest BCUT2D eigenvalue weighted by Crippen LogP contribution is -2.43. The Kier molecular flexibility index (Phi) is 5.77. The van der Waals surface area contributed by atoms with E-state index < -0.39 is 0 Å². The van der Waals surface area contributed by atoms with Crippen LogP contribution < -0.4 is 10.2 Å². The fourth-order valence-electron chi connectivity index (χ4n) is 4.66. The molecule has 1 fully saturated rings. The second-order valence-electron chi connectivity index (χ2n) is 8.65. The van der Waals surface area contributed by atoms with Crippen LogP contribution in [0, 0.1) is 19.8 Å². The molecule has 1 aliphatic rings. The van der Waals surface area contributed by atoms with Gasteiger partial charge in [-0.2, -0.15) is 10.2 Å². The number of benzene rings is 2. The Bertz CT molecular complexity index is 1270. The van der Waals surface area contributed by atoms with Gasteiger partial charge in [0.25, 0.3) is 0 Å². The van der Waals surface area contributed by atoms with E-state index in [1.54, 1.807) is 0 Å². The third kappa shape index (κ3) is 4.18. The summed E-state index contributed by atoms with van der Waals surface area (Å²) in [5.74, 6) is 0.762. The van der Waals surface area contributed by atoms with Crippen LogP contribution in [0.15, 0.2) is 60.7 Å². The van der Waals surface area contributed by atoms with Crippen molar-refractivity contribution in [3.8, 4) is 5.69 Å². The topological polar surface area (TPSA) is 75.9 Å². The number of amides is 1. The molecule has 168 valence electrons. The lowest BCUT2D eigenvalue weighted by Gasteiger charge is -2.32. The highest BCUT2D eigenvalue weighted by Gasteiger charge is 2.29. The molecule has 0 bridgehead atoms. The minimum absolute atomic E-state index is 0.0853. The Morgan fingerprint density at radius 1 is 1.03 bits per heavy atom. The second kappa shape index (κ2) is 9.02. The van der Waals surface area contributed by atoms with Crippen LogP contribution in [0.3, 0.4) is 0 Å². The van der Waals surface area contributed by atoms with E-state index in [-0.39, 0.29) is 11.8 Å². The predicted molar refractivity (Wildman–Crippen MR) is 129 cm³/mol. The Hall–Kier alpha value is -3.74. The van der Waals surface area contributed by atoms with E-state index in [1.165, 1.54) is 0 Å². The molecule has 0 aliphatic carbocycles. The van der Waals surface area contributed by atoms with E-state index in [9.17, 15) is 4.79 Å². The molecule has 0 spiro atoms. The van der Waals surface area contributed by atoms with Crippen LogP contribution in [-0.4, -0.2) is 39.0 Å². The van der Waals surface area contributed by atoms with Gasteiger partial charge in [-0.15, -0.1) is 5.10 Å². The molecular formula is C26H28N6O. The molecule has 7 nitrogen and oxygen atoms in total. The van der Waals surface area contributed by atoms with Crippen molar-refractivity contribution in [1.82, 2.24) is 25.3 Å². The van der Waals surface area contributed by atoms with E-state index in [0.29, 0.717) is 13.1 Å². The summed E-state index contributed by atoms with van der Waals surface area (Å²) < 4.78 is 1.96. The van der Waals surface area contributed by atoms with Crippen molar-refractivity contribution in [2.45, 2.75) is 33.2 Å². The normalized spacial score (nSPS) is 16.2. The van der Waals surface area contributed by atoms with E-state index in [1.807, 2.05) is 72.3 Å². The fourth-order valence-corrected chi connectivity index (χ4v) is 4.66. The number of carbonyl (C=O) groups excluding carboxylic acids is 1. The van der Waals surface area contributed by atoms with Crippen LogP contribution in [0.2, 0.25) is 0 Å². The number of anilines is 1. The highest BCUT2D eigenvalue weighted by Crippen LogP contribution is 2.31. The van der Waals surface area contributed by atoms with Crippen LogP contribution in [0.4, 0.5) is 5.82 Å². The van der Waals surface area contributed by atoms with Gasteiger partial charge in [0.2, 0.25) is 5.91 Å². The van der Waals surface area contributed by atoms with Gasteiger partial charge in [-0.25, -0.2) is 4.68 Å². The Balaban J connectivity index is 1.40. The van der Waals surface area contributed by atoms with E-state index >= 15 is 0 Å². The number of fused-ring (bicyclic) bond motifs is 1. The molecule has 7 heteroatoms. The molecule has 2 aromatic heterocycles. The number of para-hydroxylation sites is 1. The minimum Gasteiger partial charge on any atom is -0.352 e. The summed E-state index contributed by atoms with van der Waals surface area (Å²) in [7, 11) is 0. The first-order valence-corrected chi connectivity index (χ1v) is 11.5. The minimum atomic E-state index is -0.0853.